The van der Waals surface area contributed by atoms with Crippen LogP contribution in [-0.4, -0.2) is 22.6 Å². The Bertz CT molecular complexity index is 304. The third-order valence-corrected chi connectivity index (χ3v) is 1.55. The Labute approximate surface area is 88.5 Å². The molecule has 1 unspecified atom stereocenters. The minimum Gasteiger partial charge on any atom is -0.481 e. The minimum atomic E-state index is -2.69. The van der Waals surface area contributed by atoms with Crippen molar-refractivity contribution in [2.75, 3.05) is 0 Å². The highest BCUT2D eigenvalue weighted by molar-refractivity contribution is 5.80. The van der Waals surface area contributed by atoms with Crippen LogP contribution in [0.4, 0.5) is 0 Å². The van der Waals surface area contributed by atoms with E-state index in [9.17, 15) is 9.59 Å². The van der Waals surface area contributed by atoms with Crippen LogP contribution in [0.5, 0.6) is 0 Å². The summed E-state index contributed by atoms with van der Waals surface area (Å²) in [5.41, 5.74) is -0.848. The molecule has 0 saturated carbocycles. The summed E-state index contributed by atoms with van der Waals surface area (Å²) in [7, 11) is 0. The number of carbonyl (C=O) groups is 2. The lowest BCUT2D eigenvalue weighted by Crippen LogP contribution is -2.32. The maximum atomic E-state index is 11.7. The van der Waals surface area contributed by atoms with E-state index in [4.69, 9.17) is 14.0 Å². The summed E-state index contributed by atoms with van der Waals surface area (Å²) in [6, 6.07) is 0. The van der Waals surface area contributed by atoms with E-state index in [1.54, 1.807) is 20.8 Å². The van der Waals surface area contributed by atoms with Gasteiger partial charge in [0.15, 0.2) is 0 Å². The number of carbonyl (C=O) groups excluding carboxylic acids is 1. The lowest BCUT2D eigenvalue weighted by Gasteiger charge is -2.23. The number of ether oxygens (including phenoxy) is 1. The fraction of sp³-hybridized carbons (Fsp3) is 0.800. The zero-order chi connectivity index (χ0) is 14.0. The molecule has 0 aliphatic carbocycles. The Kier molecular flexibility index (Phi) is 2.62. The molecule has 0 fully saturated rings. The summed E-state index contributed by atoms with van der Waals surface area (Å²) in [5, 5.41) is 8.81. The zero-order valence-corrected chi connectivity index (χ0v) is 8.83. The third-order valence-electron chi connectivity index (χ3n) is 1.55. The van der Waals surface area contributed by atoms with Gasteiger partial charge in [0.1, 0.15) is 5.60 Å². The van der Waals surface area contributed by atoms with E-state index in [0.29, 0.717) is 0 Å². The molecular weight excluding hydrogens is 184 g/mol. The van der Waals surface area contributed by atoms with E-state index in [1.165, 1.54) is 6.92 Å². The second-order valence-electron chi connectivity index (χ2n) is 4.14. The van der Waals surface area contributed by atoms with Crippen molar-refractivity contribution < 1.29 is 23.5 Å². The van der Waals surface area contributed by atoms with Gasteiger partial charge in [-0.25, -0.2) is 0 Å². The van der Waals surface area contributed by atoms with Crippen LogP contribution in [0.2, 0.25) is 0 Å². The van der Waals surface area contributed by atoms with E-state index in [2.05, 4.69) is 0 Å². The summed E-state index contributed by atoms with van der Waals surface area (Å²) in [4.78, 5) is 22.5. The Morgan fingerprint density at radius 1 is 1.36 bits per heavy atom. The van der Waals surface area contributed by atoms with Crippen LogP contribution in [0.15, 0.2) is 0 Å². The first-order valence-electron chi connectivity index (χ1n) is 5.82. The lowest BCUT2D eigenvalue weighted by atomic mass is 9.96. The molecule has 4 heteroatoms. The number of hydrogen-bond acceptors (Lipinski definition) is 3. The number of hydrogen-bond donors (Lipinski definition) is 1. The van der Waals surface area contributed by atoms with Crippen molar-refractivity contribution in [1.29, 1.82) is 0 Å². The van der Waals surface area contributed by atoms with Crippen LogP contribution in [0, 0.1) is 11.8 Å². The maximum Gasteiger partial charge on any atom is 0.310 e. The molecule has 82 valence electrons. The average molecular weight is 205 g/mol. The quantitative estimate of drug-likeness (QED) is 0.712. The highest BCUT2D eigenvalue weighted by Crippen LogP contribution is 2.17. The maximum absolute atomic E-state index is 11.7. The molecule has 0 spiro atoms. The number of carboxylic acids is 1. The van der Waals surface area contributed by atoms with Gasteiger partial charge in [-0.15, -0.1) is 0 Å². The van der Waals surface area contributed by atoms with Gasteiger partial charge < -0.3 is 9.84 Å². The van der Waals surface area contributed by atoms with Crippen molar-refractivity contribution in [2.24, 2.45) is 11.8 Å². The zero-order valence-electron chi connectivity index (χ0n) is 11.8. The summed E-state index contributed by atoms with van der Waals surface area (Å²) in [6.07, 6.45) is 0. The summed E-state index contributed by atoms with van der Waals surface area (Å²) >= 11 is 0. The van der Waals surface area contributed by atoms with Gasteiger partial charge in [0.05, 0.1) is 11.8 Å². The van der Waals surface area contributed by atoms with Gasteiger partial charge in [-0.2, -0.15) is 0 Å². The Morgan fingerprint density at radius 3 is 2.14 bits per heavy atom. The van der Waals surface area contributed by atoms with Gasteiger partial charge in [-0.3, -0.25) is 9.59 Å². The predicted molar refractivity (Wildman–Crippen MR) is 51.8 cm³/mol. The first kappa shape index (κ1) is 8.26. The molecule has 0 amide bonds. The van der Waals surface area contributed by atoms with Crippen LogP contribution < -0.4 is 0 Å². The fourth-order valence-electron chi connectivity index (χ4n) is 0.712. The van der Waals surface area contributed by atoms with Crippen molar-refractivity contribution >= 4 is 11.9 Å². The van der Waals surface area contributed by atoms with Crippen molar-refractivity contribution in [3.63, 3.8) is 0 Å². The Balaban J connectivity index is 5.09. The van der Waals surface area contributed by atoms with E-state index >= 15 is 0 Å². The van der Waals surface area contributed by atoms with Crippen LogP contribution in [0.1, 0.15) is 38.7 Å². The molecule has 0 radical (unpaired) electrons. The van der Waals surface area contributed by atoms with Crippen molar-refractivity contribution in [1.82, 2.24) is 0 Å². The van der Waals surface area contributed by atoms with Gasteiger partial charge in [0.25, 0.3) is 0 Å². The first-order valence-corrected chi connectivity index (χ1v) is 4.32. The van der Waals surface area contributed by atoms with Crippen LogP contribution in [0.3, 0.4) is 0 Å². The third kappa shape index (κ3) is 4.25. The first-order chi connectivity index (χ1) is 7.36. The molecule has 0 rings (SSSR count). The number of aliphatic carboxylic acids is 1. The van der Waals surface area contributed by atoms with Gasteiger partial charge in [-0.1, -0.05) is 13.8 Å². The monoisotopic (exact) mass is 205 g/mol. The predicted octanol–water partition coefficient (Wildman–Crippen LogP) is 1.68. The fourth-order valence-corrected chi connectivity index (χ4v) is 0.712. The summed E-state index contributed by atoms with van der Waals surface area (Å²) in [5.74, 6) is -5.32. The van der Waals surface area contributed by atoms with E-state index in [-0.39, 0.29) is 0 Å². The highest BCUT2D eigenvalue weighted by atomic mass is 16.6. The van der Waals surface area contributed by atoms with Gasteiger partial charge >= 0.3 is 11.9 Å². The molecule has 0 aromatic carbocycles. The van der Waals surface area contributed by atoms with Gasteiger partial charge in [-0.05, 0) is 20.8 Å². The second kappa shape index (κ2) is 4.44. The Morgan fingerprint density at radius 2 is 1.86 bits per heavy atom. The molecule has 2 atom stereocenters. The minimum absolute atomic E-state index is 0.848. The van der Waals surface area contributed by atoms with Crippen LogP contribution in [-0.2, 0) is 14.3 Å². The molecule has 1 N–H and O–H groups in total. The molecule has 0 heterocycles. The second-order valence-corrected chi connectivity index (χ2v) is 4.14. The SMILES string of the molecule is [2H]C([2H])([2H])C(C(=O)OC(C)(C)C)[C@@H](C)C(=O)O. The molecule has 0 bridgehead atoms. The smallest absolute Gasteiger partial charge is 0.310 e. The van der Waals surface area contributed by atoms with Gasteiger partial charge in [0.2, 0.25) is 0 Å². The number of carboxylic acid groups (broad SMARTS) is 1. The highest BCUT2D eigenvalue weighted by Gasteiger charge is 2.29. The topological polar surface area (TPSA) is 63.6 Å². The van der Waals surface area contributed by atoms with Crippen molar-refractivity contribution in [3.8, 4) is 0 Å². The van der Waals surface area contributed by atoms with Crippen LogP contribution in [0.25, 0.3) is 0 Å². The molecule has 0 aliphatic rings. The van der Waals surface area contributed by atoms with Crippen molar-refractivity contribution in [3.05, 3.63) is 0 Å². The molecule has 0 saturated heterocycles. The molecule has 0 aliphatic heterocycles. The molecule has 0 aromatic rings. The summed E-state index contributed by atoms with van der Waals surface area (Å²) < 4.78 is 26.6. The van der Waals surface area contributed by atoms with E-state index < -0.39 is 36.2 Å². The average Bonchev–Trinajstić information content (AvgIpc) is 1.96. The molecule has 0 aromatic heterocycles. The summed E-state index contributed by atoms with van der Waals surface area (Å²) in [6.45, 7) is 3.26. The van der Waals surface area contributed by atoms with E-state index in [1.807, 2.05) is 0 Å². The lowest BCUT2D eigenvalue weighted by molar-refractivity contribution is -0.165. The Hall–Kier alpha value is -1.06. The number of esters is 1. The van der Waals surface area contributed by atoms with E-state index in [0.717, 1.165) is 0 Å². The standard InChI is InChI=1S/C10H18O4/c1-6(8(11)12)7(2)9(13)14-10(3,4)5/h6-7H,1-5H3,(H,11,12)/t6-,7?/m1/s1/i2D3. The normalized spacial score (nSPS) is 19.9. The molecule has 4 nitrogen and oxygen atoms in total. The molecule has 14 heavy (non-hydrogen) atoms. The van der Waals surface area contributed by atoms with Gasteiger partial charge in [0, 0.05) is 4.11 Å². The number of rotatable bonds is 3. The molecular formula is C10H18O4. The van der Waals surface area contributed by atoms with Crippen molar-refractivity contribution in [2.45, 2.75) is 40.1 Å². The van der Waals surface area contributed by atoms with Crippen LogP contribution >= 0.6 is 0 Å². The largest absolute Gasteiger partial charge is 0.481 e.